The molecule has 0 aliphatic carbocycles. The average molecular weight is 726 g/mol. The highest BCUT2D eigenvalue weighted by Crippen LogP contribution is 2.41. The van der Waals surface area contributed by atoms with E-state index in [4.69, 9.17) is 18.9 Å². The Balaban J connectivity index is 1.40. The Morgan fingerprint density at radius 2 is 1.75 bits per heavy atom. The number of ether oxygens (including phenoxy) is 4. The summed E-state index contributed by atoms with van der Waals surface area (Å²) in [4.78, 5) is 34.0. The Bertz CT molecular complexity index is 2240. The molecular weight excluding hydrogens is 694 g/mol. The van der Waals surface area contributed by atoms with Gasteiger partial charge in [-0.15, -0.1) is 5.10 Å². The highest BCUT2D eigenvalue weighted by molar-refractivity contribution is 7.92. The quantitative estimate of drug-likeness (QED) is 0.127. The number of para-hydroxylation sites is 2. The van der Waals surface area contributed by atoms with Gasteiger partial charge in [0.2, 0.25) is 5.75 Å². The molecule has 3 N–H and O–H groups in total. The number of rotatable bonds is 14. The van der Waals surface area contributed by atoms with E-state index >= 15 is 0 Å². The highest BCUT2D eigenvalue weighted by atomic mass is 32.2. The fraction of sp³-hybridized carbons (Fsp3) is 0.182. The Hall–Kier alpha value is -6.76. The normalized spacial score (nSPS) is 11.2. The predicted octanol–water partition coefficient (Wildman–Crippen LogP) is 4.86. The first-order chi connectivity index (χ1) is 25.2. The van der Waals surface area contributed by atoms with E-state index in [0.717, 1.165) is 5.56 Å². The molecule has 1 amide bonds. The Morgan fingerprint density at radius 1 is 0.923 bits per heavy atom. The summed E-state index contributed by atoms with van der Waals surface area (Å²) in [6, 6.07) is 18.0. The summed E-state index contributed by atoms with van der Waals surface area (Å²) in [6.45, 7) is 3.47. The minimum absolute atomic E-state index is 0.00753. The molecule has 0 radical (unpaired) electrons. The van der Waals surface area contributed by atoms with E-state index in [1.807, 2.05) is 13.8 Å². The Morgan fingerprint density at radius 3 is 2.46 bits per heavy atom. The number of methoxy groups -OCH3 is 1. The van der Waals surface area contributed by atoms with Crippen molar-refractivity contribution in [3.05, 3.63) is 90.9 Å². The predicted molar refractivity (Wildman–Crippen MR) is 185 cm³/mol. The van der Waals surface area contributed by atoms with Crippen LogP contribution in [0.1, 0.15) is 25.3 Å². The second-order valence-corrected chi connectivity index (χ2v) is 12.6. The van der Waals surface area contributed by atoms with Gasteiger partial charge >= 0.3 is 6.09 Å². The molecule has 0 atom stereocenters. The van der Waals surface area contributed by atoms with Crippen LogP contribution in [0.25, 0.3) is 22.9 Å². The summed E-state index contributed by atoms with van der Waals surface area (Å²) in [5.41, 5.74) is 1.60. The minimum atomic E-state index is -4.36. The Labute approximate surface area is 297 Å². The van der Waals surface area contributed by atoms with Gasteiger partial charge in [-0.3, -0.25) is 15.0 Å². The van der Waals surface area contributed by atoms with Crippen molar-refractivity contribution in [2.24, 2.45) is 0 Å². The summed E-state index contributed by atoms with van der Waals surface area (Å²) in [7, 11) is -2.91. The van der Waals surface area contributed by atoms with Gasteiger partial charge in [-0.2, -0.15) is 13.4 Å². The van der Waals surface area contributed by atoms with Crippen molar-refractivity contribution in [2.45, 2.75) is 24.8 Å². The number of hydrogen-bond donors (Lipinski definition) is 3. The van der Waals surface area contributed by atoms with Crippen LogP contribution in [0.4, 0.5) is 16.4 Å². The lowest BCUT2D eigenvalue weighted by molar-refractivity contribution is 0.135. The van der Waals surface area contributed by atoms with Gasteiger partial charge in [0.15, 0.2) is 34.0 Å². The number of pyridine rings is 3. The number of nitrogens with zero attached hydrogens (tertiary/aromatic N) is 8. The van der Waals surface area contributed by atoms with E-state index in [0.29, 0.717) is 22.8 Å². The number of tetrazole rings is 1. The van der Waals surface area contributed by atoms with E-state index < -0.39 is 16.1 Å². The molecule has 0 fully saturated rings. The number of aromatic amines is 1. The maximum absolute atomic E-state index is 13.8. The fourth-order valence-corrected chi connectivity index (χ4v) is 5.46. The summed E-state index contributed by atoms with van der Waals surface area (Å²) in [6.07, 6.45) is 3.72. The van der Waals surface area contributed by atoms with Crippen LogP contribution in [0, 0.1) is 0 Å². The van der Waals surface area contributed by atoms with Crippen molar-refractivity contribution >= 4 is 27.8 Å². The molecule has 0 bridgehead atoms. The van der Waals surface area contributed by atoms with Crippen molar-refractivity contribution in [1.82, 2.24) is 45.5 Å². The van der Waals surface area contributed by atoms with Crippen molar-refractivity contribution < 1.29 is 32.2 Å². The molecule has 0 aliphatic heterocycles. The van der Waals surface area contributed by atoms with Gasteiger partial charge in [-0.05, 0) is 64.4 Å². The van der Waals surface area contributed by atoms with E-state index in [2.05, 4.69) is 55.6 Å². The molecule has 5 aromatic heterocycles. The van der Waals surface area contributed by atoms with Crippen LogP contribution < -0.4 is 24.2 Å². The van der Waals surface area contributed by atoms with Crippen molar-refractivity contribution in [2.75, 3.05) is 30.4 Å². The number of aromatic nitrogens is 9. The standard InChI is InChI=1S/C33H31N11O7S/c1-20(2)22-11-12-27(36-19-22)52(46,47)42-31-28(51-25-9-5-4-8-24(25)48-3)32(49-16-17-50-33(45)37-26-10-6-7-14-35-26)39-29(38-31)21-13-15-34-23(18-21)30-40-43-44-41-30/h4-15,18-20H,16-17H2,1-3H3,(H,35,37,45)(H,38,39,42)(H,40,41,43,44). The first kappa shape index (κ1) is 35.1. The second kappa shape index (κ2) is 15.9. The number of H-pyrrole nitrogens is 1. The SMILES string of the molecule is COc1ccccc1Oc1c(NS(=O)(=O)c2ccc(C(C)C)cn2)nc(-c2ccnc(-c3nnn[nH]3)c2)nc1OCCOC(=O)Nc1ccccn1. The maximum Gasteiger partial charge on any atom is 0.412 e. The number of benzene rings is 1. The molecule has 18 nitrogen and oxygen atoms in total. The monoisotopic (exact) mass is 725 g/mol. The molecule has 0 saturated carbocycles. The number of carbonyl (C=O) groups is 1. The van der Waals surface area contributed by atoms with Crippen LogP contribution in [0.15, 0.2) is 90.3 Å². The molecule has 0 spiro atoms. The number of amides is 1. The third-order valence-electron chi connectivity index (χ3n) is 7.10. The van der Waals surface area contributed by atoms with Crippen molar-refractivity contribution in [3.63, 3.8) is 0 Å². The molecule has 1 aromatic carbocycles. The van der Waals surface area contributed by atoms with Crippen LogP contribution in [-0.4, -0.2) is 80.4 Å². The molecule has 19 heteroatoms. The van der Waals surface area contributed by atoms with Gasteiger partial charge in [-0.1, -0.05) is 38.1 Å². The molecule has 5 heterocycles. The van der Waals surface area contributed by atoms with Crippen LogP contribution >= 0.6 is 0 Å². The van der Waals surface area contributed by atoms with Crippen LogP contribution in [0.3, 0.4) is 0 Å². The van der Waals surface area contributed by atoms with Gasteiger partial charge in [0.05, 0.1) is 7.11 Å². The average Bonchev–Trinajstić information content (AvgIpc) is 3.70. The van der Waals surface area contributed by atoms with Crippen molar-refractivity contribution in [3.8, 4) is 46.0 Å². The third kappa shape index (κ3) is 8.51. The van der Waals surface area contributed by atoms with Crippen LogP contribution in [0.2, 0.25) is 0 Å². The summed E-state index contributed by atoms with van der Waals surface area (Å²) in [5, 5.41) is 16.0. The molecule has 52 heavy (non-hydrogen) atoms. The van der Waals surface area contributed by atoms with E-state index in [-0.39, 0.29) is 59.0 Å². The van der Waals surface area contributed by atoms with Gasteiger partial charge in [0.1, 0.15) is 24.7 Å². The number of anilines is 2. The summed E-state index contributed by atoms with van der Waals surface area (Å²) < 4.78 is 53.1. The molecule has 0 saturated heterocycles. The molecule has 6 aromatic rings. The van der Waals surface area contributed by atoms with Gasteiger partial charge < -0.3 is 18.9 Å². The zero-order valence-electron chi connectivity index (χ0n) is 27.9. The first-order valence-electron chi connectivity index (χ1n) is 15.6. The van der Waals surface area contributed by atoms with Gasteiger partial charge in [0.25, 0.3) is 15.9 Å². The lowest BCUT2D eigenvalue weighted by atomic mass is 10.1. The smallest absolute Gasteiger partial charge is 0.412 e. The molecule has 6 rings (SSSR count). The number of nitrogens with one attached hydrogen (secondary N) is 3. The molecular formula is C33H31N11O7S. The molecule has 0 unspecified atom stereocenters. The summed E-state index contributed by atoms with van der Waals surface area (Å²) >= 11 is 0. The highest BCUT2D eigenvalue weighted by Gasteiger charge is 2.26. The van der Waals surface area contributed by atoms with Crippen molar-refractivity contribution in [1.29, 1.82) is 0 Å². The topological polar surface area (TPSA) is 231 Å². The van der Waals surface area contributed by atoms with Gasteiger partial charge in [0, 0.05) is 24.2 Å². The third-order valence-corrected chi connectivity index (χ3v) is 8.36. The molecule has 0 aliphatic rings. The minimum Gasteiger partial charge on any atom is -0.493 e. The zero-order valence-corrected chi connectivity index (χ0v) is 28.7. The first-order valence-corrected chi connectivity index (χ1v) is 17.1. The number of carbonyl (C=O) groups excluding carboxylic acids is 1. The van der Waals surface area contributed by atoms with E-state index in [9.17, 15) is 13.2 Å². The lowest BCUT2D eigenvalue weighted by Crippen LogP contribution is -2.19. The van der Waals surface area contributed by atoms with Crippen LogP contribution in [0.5, 0.6) is 23.1 Å². The largest absolute Gasteiger partial charge is 0.493 e. The fourth-order valence-electron chi connectivity index (χ4n) is 4.52. The van der Waals surface area contributed by atoms with Crippen LogP contribution in [-0.2, 0) is 14.8 Å². The second-order valence-electron chi connectivity index (χ2n) is 11.0. The van der Waals surface area contributed by atoms with E-state index in [1.165, 1.54) is 31.8 Å². The lowest BCUT2D eigenvalue weighted by Gasteiger charge is -2.18. The van der Waals surface area contributed by atoms with E-state index in [1.54, 1.807) is 60.7 Å². The number of sulfonamides is 1. The zero-order chi connectivity index (χ0) is 36.5. The maximum atomic E-state index is 13.8. The number of hydrogen-bond acceptors (Lipinski definition) is 15. The summed E-state index contributed by atoms with van der Waals surface area (Å²) in [5.74, 6) is 0.504. The molecule has 266 valence electrons. The van der Waals surface area contributed by atoms with Gasteiger partial charge in [-0.25, -0.2) is 24.8 Å². The Kier molecular flexibility index (Phi) is 10.7.